The van der Waals surface area contributed by atoms with Crippen LogP contribution in [0.1, 0.15) is 36.8 Å². The molecule has 2 aromatic heterocycles. The lowest BCUT2D eigenvalue weighted by molar-refractivity contribution is -0.384. The van der Waals surface area contributed by atoms with Gasteiger partial charge in [0.05, 0.1) is 24.3 Å². The number of hydrogen-bond acceptors (Lipinski definition) is 7. The van der Waals surface area contributed by atoms with Crippen molar-refractivity contribution in [3.05, 3.63) is 64.4 Å². The van der Waals surface area contributed by atoms with E-state index in [9.17, 15) is 10.1 Å². The highest BCUT2D eigenvalue weighted by molar-refractivity contribution is 7.99. The standard InChI is InChI=1S/C19H20N4O4S/c24-23(25)15-6-8-16(9-7-15)26-11-2-12-28-19-21-20-18(14-4-5-14)22(19)13-17-3-1-10-27-17/h1,3,6-10,14H,2,4-5,11-13H2. The average molecular weight is 400 g/mol. The minimum Gasteiger partial charge on any atom is -0.494 e. The van der Waals surface area contributed by atoms with Crippen molar-refractivity contribution in [3.8, 4) is 5.75 Å². The maximum atomic E-state index is 10.7. The second-order valence-corrected chi connectivity index (χ2v) is 7.64. The van der Waals surface area contributed by atoms with Crippen molar-refractivity contribution in [2.24, 2.45) is 0 Å². The Balaban J connectivity index is 1.28. The van der Waals surface area contributed by atoms with E-state index in [4.69, 9.17) is 9.15 Å². The summed E-state index contributed by atoms with van der Waals surface area (Å²) in [6, 6.07) is 9.98. The van der Waals surface area contributed by atoms with Crippen LogP contribution in [0.2, 0.25) is 0 Å². The summed E-state index contributed by atoms with van der Waals surface area (Å²) in [6.07, 6.45) is 4.85. The summed E-state index contributed by atoms with van der Waals surface area (Å²) in [7, 11) is 0. The molecular weight excluding hydrogens is 380 g/mol. The molecule has 1 saturated carbocycles. The normalized spacial score (nSPS) is 13.6. The lowest BCUT2D eigenvalue weighted by atomic mass is 10.3. The molecule has 9 heteroatoms. The van der Waals surface area contributed by atoms with Crippen LogP contribution in [0.3, 0.4) is 0 Å². The van der Waals surface area contributed by atoms with E-state index in [0.717, 1.165) is 28.9 Å². The van der Waals surface area contributed by atoms with Crippen LogP contribution in [-0.2, 0) is 6.54 Å². The van der Waals surface area contributed by atoms with Gasteiger partial charge in [0.2, 0.25) is 0 Å². The molecule has 3 aromatic rings. The Morgan fingerprint density at radius 1 is 1.25 bits per heavy atom. The molecule has 0 saturated heterocycles. The Morgan fingerprint density at radius 3 is 2.75 bits per heavy atom. The molecule has 0 N–H and O–H groups in total. The van der Waals surface area contributed by atoms with Crippen LogP contribution in [0.25, 0.3) is 0 Å². The smallest absolute Gasteiger partial charge is 0.269 e. The predicted octanol–water partition coefficient (Wildman–Crippen LogP) is 4.27. The first-order chi connectivity index (χ1) is 13.7. The number of nitrogens with zero attached hydrogens (tertiary/aromatic N) is 4. The van der Waals surface area contributed by atoms with Gasteiger partial charge < -0.3 is 9.15 Å². The Hall–Kier alpha value is -2.81. The lowest BCUT2D eigenvalue weighted by Gasteiger charge is -2.08. The summed E-state index contributed by atoms with van der Waals surface area (Å²) in [5.74, 6) is 3.93. The molecule has 8 nitrogen and oxygen atoms in total. The van der Waals surface area contributed by atoms with E-state index >= 15 is 0 Å². The second-order valence-electron chi connectivity index (χ2n) is 6.58. The molecule has 2 heterocycles. The molecule has 4 rings (SSSR count). The fourth-order valence-corrected chi connectivity index (χ4v) is 3.69. The highest BCUT2D eigenvalue weighted by Crippen LogP contribution is 2.40. The van der Waals surface area contributed by atoms with Crippen LogP contribution in [-0.4, -0.2) is 32.0 Å². The zero-order valence-electron chi connectivity index (χ0n) is 15.2. The molecule has 0 atom stereocenters. The van der Waals surface area contributed by atoms with Crippen molar-refractivity contribution in [3.63, 3.8) is 0 Å². The van der Waals surface area contributed by atoms with Crippen LogP contribution in [0.4, 0.5) is 5.69 Å². The minimum atomic E-state index is -0.421. The second kappa shape index (κ2) is 8.47. The number of nitro groups is 1. The molecule has 1 aromatic carbocycles. The molecule has 28 heavy (non-hydrogen) atoms. The van der Waals surface area contributed by atoms with Crippen molar-refractivity contribution in [2.45, 2.75) is 36.9 Å². The van der Waals surface area contributed by atoms with Gasteiger partial charge in [-0.2, -0.15) is 0 Å². The van der Waals surface area contributed by atoms with E-state index in [1.54, 1.807) is 30.2 Å². The number of non-ortho nitro benzene ring substituents is 1. The van der Waals surface area contributed by atoms with Gasteiger partial charge in [0.15, 0.2) is 5.16 Å². The number of benzene rings is 1. The predicted molar refractivity (Wildman–Crippen MR) is 104 cm³/mol. The molecule has 1 aliphatic rings. The zero-order chi connectivity index (χ0) is 19.3. The molecular formula is C19H20N4O4S. The van der Waals surface area contributed by atoms with Crippen molar-refractivity contribution >= 4 is 17.4 Å². The molecule has 1 aliphatic carbocycles. The highest BCUT2D eigenvalue weighted by atomic mass is 32.2. The lowest BCUT2D eigenvalue weighted by Crippen LogP contribution is -2.06. The van der Waals surface area contributed by atoms with Gasteiger partial charge in [-0.1, -0.05) is 11.8 Å². The van der Waals surface area contributed by atoms with E-state index in [0.29, 0.717) is 24.8 Å². The first-order valence-corrected chi connectivity index (χ1v) is 10.1. The van der Waals surface area contributed by atoms with Crippen LogP contribution < -0.4 is 4.74 Å². The van der Waals surface area contributed by atoms with E-state index in [-0.39, 0.29) is 5.69 Å². The Kier molecular flexibility index (Phi) is 5.61. The number of aromatic nitrogens is 3. The van der Waals surface area contributed by atoms with Gasteiger partial charge in [0.1, 0.15) is 17.3 Å². The molecule has 146 valence electrons. The quantitative estimate of drug-likeness (QED) is 0.217. The molecule has 0 unspecified atom stereocenters. The maximum absolute atomic E-state index is 10.7. The number of furan rings is 1. The molecule has 0 amide bonds. The summed E-state index contributed by atoms with van der Waals surface area (Å²) in [5.41, 5.74) is 0.0604. The van der Waals surface area contributed by atoms with Gasteiger partial charge in [-0.3, -0.25) is 14.7 Å². The number of rotatable bonds is 10. The van der Waals surface area contributed by atoms with Crippen molar-refractivity contribution in [1.82, 2.24) is 14.8 Å². The van der Waals surface area contributed by atoms with E-state index in [2.05, 4.69) is 14.8 Å². The first kappa shape index (κ1) is 18.5. The summed E-state index contributed by atoms with van der Waals surface area (Å²) < 4.78 is 13.3. The summed E-state index contributed by atoms with van der Waals surface area (Å²) in [5, 5.41) is 20.3. The fraction of sp³-hybridized carbons (Fsp3) is 0.368. The minimum absolute atomic E-state index is 0.0604. The Morgan fingerprint density at radius 2 is 2.07 bits per heavy atom. The van der Waals surface area contributed by atoms with Gasteiger partial charge in [-0.05, 0) is 43.5 Å². The number of nitro benzene ring substituents is 1. The van der Waals surface area contributed by atoms with Crippen LogP contribution >= 0.6 is 11.8 Å². The van der Waals surface area contributed by atoms with Gasteiger partial charge in [0, 0.05) is 23.8 Å². The van der Waals surface area contributed by atoms with E-state index < -0.39 is 4.92 Å². The monoisotopic (exact) mass is 400 g/mol. The average Bonchev–Trinajstić information content (AvgIpc) is 3.26. The summed E-state index contributed by atoms with van der Waals surface area (Å²) >= 11 is 1.65. The van der Waals surface area contributed by atoms with Crippen LogP contribution in [0.5, 0.6) is 5.75 Å². The van der Waals surface area contributed by atoms with Crippen LogP contribution in [0, 0.1) is 10.1 Å². The largest absolute Gasteiger partial charge is 0.494 e. The molecule has 0 spiro atoms. The third-order valence-corrected chi connectivity index (χ3v) is 5.47. The third-order valence-electron chi connectivity index (χ3n) is 4.42. The number of thioether (sulfide) groups is 1. The topological polar surface area (TPSA) is 96.2 Å². The molecule has 0 radical (unpaired) electrons. The number of hydrogen-bond donors (Lipinski definition) is 0. The summed E-state index contributed by atoms with van der Waals surface area (Å²) in [4.78, 5) is 10.2. The zero-order valence-corrected chi connectivity index (χ0v) is 16.0. The van der Waals surface area contributed by atoms with Gasteiger partial charge >= 0.3 is 0 Å². The van der Waals surface area contributed by atoms with E-state index in [1.807, 2.05) is 12.1 Å². The van der Waals surface area contributed by atoms with Crippen molar-refractivity contribution < 1.29 is 14.1 Å². The third kappa shape index (κ3) is 4.53. The molecule has 0 aliphatic heterocycles. The van der Waals surface area contributed by atoms with Crippen molar-refractivity contribution in [1.29, 1.82) is 0 Å². The SMILES string of the molecule is O=[N+]([O-])c1ccc(OCCCSc2nnc(C3CC3)n2Cc2ccco2)cc1. The van der Waals surface area contributed by atoms with Gasteiger partial charge in [-0.15, -0.1) is 10.2 Å². The van der Waals surface area contributed by atoms with Crippen LogP contribution in [0.15, 0.2) is 52.2 Å². The number of ether oxygens (including phenoxy) is 1. The van der Waals surface area contributed by atoms with Gasteiger partial charge in [-0.25, -0.2) is 0 Å². The van der Waals surface area contributed by atoms with E-state index in [1.165, 1.54) is 25.0 Å². The Labute approximate surface area is 166 Å². The van der Waals surface area contributed by atoms with Crippen molar-refractivity contribution in [2.75, 3.05) is 12.4 Å². The Bertz CT molecular complexity index is 920. The van der Waals surface area contributed by atoms with Gasteiger partial charge in [0.25, 0.3) is 5.69 Å². The summed E-state index contributed by atoms with van der Waals surface area (Å²) in [6.45, 7) is 1.18. The highest BCUT2D eigenvalue weighted by Gasteiger charge is 2.30. The molecule has 1 fully saturated rings. The fourth-order valence-electron chi connectivity index (χ4n) is 2.83. The first-order valence-electron chi connectivity index (χ1n) is 9.16. The molecule has 0 bridgehead atoms. The maximum Gasteiger partial charge on any atom is 0.269 e.